The molecule has 8 heteroatoms. The lowest BCUT2D eigenvalue weighted by molar-refractivity contribution is 0.141. The van der Waals surface area contributed by atoms with Gasteiger partial charge in [0.1, 0.15) is 12.1 Å². The van der Waals surface area contributed by atoms with Gasteiger partial charge in [-0.05, 0) is 20.8 Å². The highest BCUT2D eigenvalue weighted by Gasteiger charge is 2.19. The van der Waals surface area contributed by atoms with Gasteiger partial charge in [0.05, 0.1) is 12.7 Å². The molecule has 1 aromatic rings. The molecule has 0 amide bonds. The molecule has 0 spiro atoms. The van der Waals surface area contributed by atoms with E-state index in [1.807, 2.05) is 6.92 Å². The highest BCUT2D eigenvalue weighted by molar-refractivity contribution is 5.39. The summed E-state index contributed by atoms with van der Waals surface area (Å²) in [6, 6.07) is 2.30. The van der Waals surface area contributed by atoms with Crippen LogP contribution in [-0.4, -0.2) is 47.4 Å². The van der Waals surface area contributed by atoms with Crippen LogP contribution in [0.5, 0.6) is 6.01 Å². The van der Waals surface area contributed by atoms with Crippen LogP contribution in [-0.2, 0) is 4.74 Å². The summed E-state index contributed by atoms with van der Waals surface area (Å²) in [5.41, 5.74) is -0.783. The summed E-state index contributed by atoms with van der Waals surface area (Å²) in [7, 11) is 1.59. The molecule has 110 valence electrons. The summed E-state index contributed by atoms with van der Waals surface area (Å²) < 4.78 is 10.3. The molecule has 0 unspecified atom stereocenters. The van der Waals surface area contributed by atoms with Gasteiger partial charge in [-0.15, -0.1) is 0 Å². The summed E-state index contributed by atoms with van der Waals surface area (Å²) in [6.07, 6.45) is 0. The van der Waals surface area contributed by atoms with Gasteiger partial charge in [0.15, 0.2) is 0 Å². The highest BCUT2D eigenvalue weighted by Crippen LogP contribution is 2.15. The van der Waals surface area contributed by atoms with E-state index in [-0.39, 0.29) is 12.0 Å². The van der Waals surface area contributed by atoms with Gasteiger partial charge in [-0.25, -0.2) is 0 Å². The number of nitrogens with one attached hydrogen (secondary N) is 2. The summed E-state index contributed by atoms with van der Waals surface area (Å²) in [5, 5.41) is 14.9. The second-order valence-corrected chi connectivity index (χ2v) is 4.50. The van der Waals surface area contributed by atoms with Gasteiger partial charge in [-0.1, -0.05) is 0 Å². The Morgan fingerprint density at radius 1 is 1.20 bits per heavy atom. The zero-order chi connectivity index (χ0) is 15.0. The van der Waals surface area contributed by atoms with E-state index < -0.39 is 5.54 Å². The van der Waals surface area contributed by atoms with E-state index in [1.54, 1.807) is 21.0 Å². The molecule has 1 heterocycles. The molecule has 8 nitrogen and oxygen atoms in total. The fraction of sp³-hybridized carbons (Fsp3) is 0.667. The molecule has 0 radical (unpaired) electrons. The standard InChI is InChI=1S/C12H20N6O2/c1-5-14-9-15-10(18-12(2,3)8-13)17-11(16-9)20-7-6-19-4/h5-7H2,1-4H3,(H2,14,15,16,17,18). The predicted octanol–water partition coefficient (Wildman–Crippen LogP) is 1.04. The fourth-order valence-electron chi connectivity index (χ4n) is 1.24. The van der Waals surface area contributed by atoms with Crippen LogP contribution in [0.25, 0.3) is 0 Å². The SMILES string of the molecule is CCNc1nc(NC(C)(C)C#N)nc(OCCOC)n1. The van der Waals surface area contributed by atoms with Crippen molar-refractivity contribution in [1.82, 2.24) is 15.0 Å². The third-order valence-electron chi connectivity index (χ3n) is 2.17. The minimum Gasteiger partial charge on any atom is -0.461 e. The topological polar surface area (TPSA) is 105 Å². The molecule has 0 saturated carbocycles. The number of anilines is 2. The predicted molar refractivity (Wildman–Crippen MR) is 74.7 cm³/mol. The van der Waals surface area contributed by atoms with Crippen LogP contribution in [0.4, 0.5) is 11.9 Å². The van der Waals surface area contributed by atoms with Gasteiger partial charge in [0, 0.05) is 13.7 Å². The van der Waals surface area contributed by atoms with Crippen LogP contribution in [0.15, 0.2) is 0 Å². The Balaban J connectivity index is 2.89. The molecule has 1 aromatic heterocycles. The number of ether oxygens (including phenoxy) is 2. The van der Waals surface area contributed by atoms with Crippen LogP contribution in [0.1, 0.15) is 20.8 Å². The first-order chi connectivity index (χ1) is 9.50. The Morgan fingerprint density at radius 3 is 2.50 bits per heavy atom. The molecule has 0 bridgehead atoms. The quantitative estimate of drug-likeness (QED) is 0.681. The number of rotatable bonds is 8. The summed E-state index contributed by atoms with van der Waals surface area (Å²) in [4.78, 5) is 12.4. The van der Waals surface area contributed by atoms with Gasteiger partial charge in [-0.2, -0.15) is 20.2 Å². The summed E-state index contributed by atoms with van der Waals surface area (Å²) in [5.74, 6) is 0.682. The highest BCUT2D eigenvalue weighted by atomic mass is 16.5. The average molecular weight is 280 g/mol. The van der Waals surface area contributed by atoms with E-state index >= 15 is 0 Å². The number of methoxy groups -OCH3 is 1. The molecule has 0 fully saturated rings. The van der Waals surface area contributed by atoms with Crippen molar-refractivity contribution < 1.29 is 9.47 Å². The number of aromatic nitrogens is 3. The fourth-order valence-corrected chi connectivity index (χ4v) is 1.24. The maximum Gasteiger partial charge on any atom is 0.323 e. The second-order valence-electron chi connectivity index (χ2n) is 4.50. The summed E-state index contributed by atoms with van der Waals surface area (Å²) >= 11 is 0. The van der Waals surface area contributed by atoms with E-state index in [4.69, 9.17) is 14.7 Å². The van der Waals surface area contributed by atoms with Gasteiger partial charge in [0.25, 0.3) is 0 Å². The average Bonchev–Trinajstić information content (AvgIpc) is 2.39. The Labute approximate surface area is 118 Å². The van der Waals surface area contributed by atoms with Crippen LogP contribution in [0, 0.1) is 11.3 Å². The molecule has 0 atom stereocenters. The van der Waals surface area contributed by atoms with E-state index in [1.165, 1.54) is 0 Å². The zero-order valence-corrected chi connectivity index (χ0v) is 12.2. The zero-order valence-electron chi connectivity index (χ0n) is 12.2. The largest absolute Gasteiger partial charge is 0.461 e. The molecule has 0 aromatic carbocycles. The van der Waals surface area contributed by atoms with E-state index in [0.29, 0.717) is 25.7 Å². The van der Waals surface area contributed by atoms with Crippen LogP contribution >= 0.6 is 0 Å². The maximum atomic E-state index is 9.02. The first-order valence-corrected chi connectivity index (χ1v) is 6.32. The van der Waals surface area contributed by atoms with Crippen molar-refractivity contribution in [3.63, 3.8) is 0 Å². The van der Waals surface area contributed by atoms with E-state index in [2.05, 4.69) is 31.7 Å². The van der Waals surface area contributed by atoms with Crippen LogP contribution in [0.2, 0.25) is 0 Å². The minimum atomic E-state index is -0.783. The molecule has 0 aliphatic rings. The lowest BCUT2D eigenvalue weighted by Gasteiger charge is -2.18. The van der Waals surface area contributed by atoms with Crippen molar-refractivity contribution in [2.24, 2.45) is 0 Å². The number of nitrogens with zero attached hydrogens (tertiary/aromatic N) is 4. The molecule has 20 heavy (non-hydrogen) atoms. The molecular formula is C12H20N6O2. The van der Waals surface area contributed by atoms with E-state index in [9.17, 15) is 0 Å². The van der Waals surface area contributed by atoms with Crippen molar-refractivity contribution in [1.29, 1.82) is 5.26 Å². The van der Waals surface area contributed by atoms with Crippen molar-refractivity contribution in [2.45, 2.75) is 26.3 Å². The van der Waals surface area contributed by atoms with Gasteiger partial charge in [0.2, 0.25) is 11.9 Å². The second kappa shape index (κ2) is 7.45. The Kier molecular flexibility index (Phi) is 5.93. The van der Waals surface area contributed by atoms with Gasteiger partial charge in [-0.3, -0.25) is 0 Å². The lowest BCUT2D eigenvalue weighted by Crippen LogP contribution is -2.30. The van der Waals surface area contributed by atoms with Crippen molar-refractivity contribution >= 4 is 11.9 Å². The molecule has 0 aliphatic carbocycles. The molecular weight excluding hydrogens is 260 g/mol. The van der Waals surface area contributed by atoms with E-state index in [0.717, 1.165) is 0 Å². The normalized spacial score (nSPS) is 10.8. The molecule has 0 aliphatic heterocycles. The molecule has 0 saturated heterocycles. The Hall–Kier alpha value is -2.14. The molecule has 1 rings (SSSR count). The third kappa shape index (κ3) is 5.24. The summed E-state index contributed by atoms with van der Waals surface area (Å²) in [6.45, 7) is 6.84. The van der Waals surface area contributed by atoms with Crippen molar-refractivity contribution in [3.8, 4) is 12.1 Å². The van der Waals surface area contributed by atoms with Crippen molar-refractivity contribution in [3.05, 3.63) is 0 Å². The maximum absolute atomic E-state index is 9.02. The van der Waals surface area contributed by atoms with Gasteiger partial charge < -0.3 is 20.1 Å². The van der Waals surface area contributed by atoms with Crippen LogP contribution < -0.4 is 15.4 Å². The van der Waals surface area contributed by atoms with Gasteiger partial charge >= 0.3 is 6.01 Å². The number of hydrogen-bond donors (Lipinski definition) is 2. The van der Waals surface area contributed by atoms with Crippen LogP contribution in [0.3, 0.4) is 0 Å². The molecule has 2 N–H and O–H groups in total. The third-order valence-corrected chi connectivity index (χ3v) is 2.17. The van der Waals surface area contributed by atoms with Crippen molar-refractivity contribution in [2.75, 3.05) is 37.5 Å². The first kappa shape index (κ1) is 15.9. The Bertz CT molecular complexity index is 472. The number of nitriles is 1. The Morgan fingerprint density at radius 2 is 1.90 bits per heavy atom. The first-order valence-electron chi connectivity index (χ1n) is 6.32. The number of hydrogen-bond acceptors (Lipinski definition) is 8. The minimum absolute atomic E-state index is 0.184. The smallest absolute Gasteiger partial charge is 0.323 e. The lowest BCUT2D eigenvalue weighted by atomic mass is 10.1. The monoisotopic (exact) mass is 280 g/mol.